The van der Waals surface area contributed by atoms with Gasteiger partial charge in [0.15, 0.2) is 5.13 Å². The maximum atomic E-state index is 13.6. The Hall–Kier alpha value is -2.40. The van der Waals surface area contributed by atoms with Crippen LogP contribution in [0, 0.1) is 5.82 Å². The number of hydrogen-bond acceptors (Lipinski definition) is 4. The molecule has 21 heavy (non-hydrogen) atoms. The van der Waals surface area contributed by atoms with E-state index in [1.54, 1.807) is 25.3 Å². The molecule has 0 aliphatic heterocycles. The van der Waals surface area contributed by atoms with Crippen LogP contribution < -0.4 is 10.1 Å². The van der Waals surface area contributed by atoms with Gasteiger partial charge in [0.1, 0.15) is 11.6 Å². The summed E-state index contributed by atoms with van der Waals surface area (Å²) in [6.07, 6.45) is 0. The van der Waals surface area contributed by atoms with Gasteiger partial charge >= 0.3 is 0 Å². The molecule has 1 aromatic heterocycles. The number of hydrogen-bond donors (Lipinski definition) is 1. The van der Waals surface area contributed by atoms with Crippen LogP contribution >= 0.6 is 11.3 Å². The van der Waals surface area contributed by atoms with Gasteiger partial charge < -0.3 is 10.1 Å². The standard InChI is InChI=1S/C16H13FN2OS/c1-20-12-8-6-11(7-9-12)15-10-21-16(19-15)18-14-5-3-2-4-13(14)17/h2-10H,1H3,(H,18,19). The van der Waals surface area contributed by atoms with Crippen molar-refractivity contribution in [1.82, 2.24) is 4.98 Å². The van der Waals surface area contributed by atoms with Gasteiger partial charge in [-0.25, -0.2) is 9.37 Å². The van der Waals surface area contributed by atoms with Crippen molar-refractivity contribution in [3.63, 3.8) is 0 Å². The second kappa shape index (κ2) is 5.93. The third-order valence-corrected chi connectivity index (χ3v) is 3.76. The van der Waals surface area contributed by atoms with Gasteiger partial charge in [0.25, 0.3) is 0 Å². The van der Waals surface area contributed by atoms with Gasteiger partial charge in [-0.05, 0) is 36.4 Å². The molecule has 5 heteroatoms. The molecule has 0 aliphatic carbocycles. The second-order valence-corrected chi connectivity index (χ2v) is 5.23. The van der Waals surface area contributed by atoms with E-state index >= 15 is 0 Å². The van der Waals surface area contributed by atoms with Crippen molar-refractivity contribution in [1.29, 1.82) is 0 Å². The normalized spacial score (nSPS) is 10.4. The maximum absolute atomic E-state index is 13.6. The molecule has 0 saturated carbocycles. The Labute approximate surface area is 126 Å². The van der Waals surface area contributed by atoms with Crippen molar-refractivity contribution < 1.29 is 9.13 Å². The predicted octanol–water partition coefficient (Wildman–Crippen LogP) is 4.70. The van der Waals surface area contributed by atoms with Crippen molar-refractivity contribution in [2.45, 2.75) is 0 Å². The first-order valence-electron chi connectivity index (χ1n) is 6.38. The van der Waals surface area contributed by atoms with Gasteiger partial charge in [0, 0.05) is 10.9 Å². The fourth-order valence-corrected chi connectivity index (χ4v) is 2.64. The van der Waals surface area contributed by atoms with Gasteiger partial charge in [0.05, 0.1) is 18.5 Å². The summed E-state index contributed by atoms with van der Waals surface area (Å²) in [7, 11) is 1.63. The highest BCUT2D eigenvalue weighted by atomic mass is 32.1. The highest BCUT2D eigenvalue weighted by Crippen LogP contribution is 2.28. The fraction of sp³-hybridized carbons (Fsp3) is 0.0625. The molecule has 106 valence electrons. The molecule has 0 saturated heterocycles. The molecular weight excluding hydrogens is 287 g/mol. The van der Waals surface area contributed by atoms with E-state index in [2.05, 4.69) is 10.3 Å². The van der Waals surface area contributed by atoms with Crippen molar-refractivity contribution in [3.05, 3.63) is 59.7 Å². The molecule has 0 amide bonds. The van der Waals surface area contributed by atoms with Crippen molar-refractivity contribution in [2.75, 3.05) is 12.4 Å². The summed E-state index contributed by atoms with van der Waals surface area (Å²) in [6, 6.07) is 14.2. The summed E-state index contributed by atoms with van der Waals surface area (Å²) in [5, 5.41) is 5.59. The zero-order valence-corrected chi connectivity index (χ0v) is 12.2. The number of aromatic nitrogens is 1. The lowest BCUT2D eigenvalue weighted by atomic mass is 10.2. The highest BCUT2D eigenvalue weighted by molar-refractivity contribution is 7.14. The van der Waals surface area contributed by atoms with E-state index in [-0.39, 0.29) is 5.82 Å². The number of anilines is 2. The number of ether oxygens (including phenoxy) is 1. The second-order valence-electron chi connectivity index (χ2n) is 4.37. The Balaban J connectivity index is 1.81. The number of thiazole rings is 1. The van der Waals surface area contributed by atoms with E-state index in [1.165, 1.54) is 17.4 Å². The first kappa shape index (κ1) is 13.6. The molecule has 0 radical (unpaired) electrons. The monoisotopic (exact) mass is 300 g/mol. The molecule has 3 nitrogen and oxygen atoms in total. The maximum Gasteiger partial charge on any atom is 0.187 e. The molecule has 0 aliphatic rings. The van der Waals surface area contributed by atoms with Crippen LogP contribution in [0.5, 0.6) is 5.75 Å². The van der Waals surface area contributed by atoms with E-state index in [0.717, 1.165) is 17.0 Å². The highest BCUT2D eigenvalue weighted by Gasteiger charge is 2.07. The minimum atomic E-state index is -0.293. The number of nitrogens with one attached hydrogen (secondary N) is 1. The number of methoxy groups -OCH3 is 1. The van der Waals surface area contributed by atoms with E-state index in [4.69, 9.17) is 4.74 Å². The number of nitrogens with zero attached hydrogens (tertiary/aromatic N) is 1. The molecular formula is C16H13FN2OS. The van der Waals surface area contributed by atoms with Crippen molar-refractivity contribution >= 4 is 22.2 Å². The van der Waals surface area contributed by atoms with Gasteiger partial charge in [-0.2, -0.15) is 0 Å². The van der Waals surface area contributed by atoms with Crippen LogP contribution in [0.2, 0.25) is 0 Å². The summed E-state index contributed by atoms with van der Waals surface area (Å²) in [6.45, 7) is 0. The van der Waals surface area contributed by atoms with Crippen molar-refractivity contribution in [2.24, 2.45) is 0 Å². The molecule has 2 aromatic carbocycles. The smallest absolute Gasteiger partial charge is 0.187 e. The van der Waals surface area contributed by atoms with Crippen LogP contribution in [0.1, 0.15) is 0 Å². The fourth-order valence-electron chi connectivity index (χ4n) is 1.90. The zero-order valence-electron chi connectivity index (χ0n) is 11.3. The summed E-state index contributed by atoms with van der Waals surface area (Å²) in [5.41, 5.74) is 2.27. The Morgan fingerprint density at radius 1 is 1.10 bits per heavy atom. The Morgan fingerprint density at radius 3 is 2.57 bits per heavy atom. The molecule has 0 spiro atoms. The van der Waals surface area contributed by atoms with Gasteiger partial charge in [-0.15, -0.1) is 11.3 Å². The molecule has 0 bridgehead atoms. The lowest BCUT2D eigenvalue weighted by Crippen LogP contribution is -1.92. The Bertz CT molecular complexity index is 740. The minimum absolute atomic E-state index is 0.293. The quantitative estimate of drug-likeness (QED) is 0.758. The average Bonchev–Trinajstić information content (AvgIpc) is 2.98. The lowest BCUT2D eigenvalue weighted by molar-refractivity contribution is 0.415. The number of rotatable bonds is 4. The summed E-state index contributed by atoms with van der Waals surface area (Å²) < 4.78 is 18.7. The number of benzene rings is 2. The molecule has 3 aromatic rings. The summed E-state index contributed by atoms with van der Waals surface area (Å²) in [5.74, 6) is 0.511. The van der Waals surface area contributed by atoms with Crippen LogP contribution in [0.4, 0.5) is 15.2 Å². The first-order chi connectivity index (χ1) is 10.3. The number of para-hydroxylation sites is 1. The molecule has 0 fully saturated rings. The van der Waals surface area contributed by atoms with Crippen LogP contribution in [0.15, 0.2) is 53.9 Å². The zero-order chi connectivity index (χ0) is 14.7. The Kier molecular flexibility index (Phi) is 3.83. The molecule has 0 atom stereocenters. The van der Waals surface area contributed by atoms with Crippen LogP contribution in [-0.2, 0) is 0 Å². The third kappa shape index (κ3) is 3.03. The van der Waals surface area contributed by atoms with E-state index in [1.807, 2.05) is 29.6 Å². The molecule has 1 N–H and O–H groups in total. The minimum Gasteiger partial charge on any atom is -0.497 e. The summed E-state index contributed by atoms with van der Waals surface area (Å²) >= 11 is 1.44. The van der Waals surface area contributed by atoms with Gasteiger partial charge in [-0.1, -0.05) is 12.1 Å². The van der Waals surface area contributed by atoms with Crippen LogP contribution in [0.25, 0.3) is 11.3 Å². The van der Waals surface area contributed by atoms with E-state index < -0.39 is 0 Å². The SMILES string of the molecule is COc1ccc(-c2csc(Nc3ccccc3F)n2)cc1. The topological polar surface area (TPSA) is 34.1 Å². The van der Waals surface area contributed by atoms with Crippen LogP contribution in [0.3, 0.4) is 0 Å². The Morgan fingerprint density at radius 2 is 1.86 bits per heavy atom. The average molecular weight is 300 g/mol. The lowest BCUT2D eigenvalue weighted by Gasteiger charge is -2.03. The van der Waals surface area contributed by atoms with Crippen LogP contribution in [-0.4, -0.2) is 12.1 Å². The molecule has 3 rings (SSSR count). The third-order valence-electron chi connectivity index (χ3n) is 3.01. The van der Waals surface area contributed by atoms with E-state index in [9.17, 15) is 4.39 Å². The summed E-state index contributed by atoms with van der Waals surface area (Å²) in [4.78, 5) is 4.47. The van der Waals surface area contributed by atoms with Crippen molar-refractivity contribution in [3.8, 4) is 17.0 Å². The number of halogens is 1. The first-order valence-corrected chi connectivity index (χ1v) is 7.26. The van der Waals surface area contributed by atoms with Gasteiger partial charge in [-0.3, -0.25) is 0 Å². The predicted molar refractivity (Wildman–Crippen MR) is 83.8 cm³/mol. The van der Waals surface area contributed by atoms with E-state index in [0.29, 0.717) is 10.8 Å². The molecule has 1 heterocycles. The molecule has 0 unspecified atom stereocenters. The van der Waals surface area contributed by atoms with Gasteiger partial charge in [0.2, 0.25) is 0 Å². The largest absolute Gasteiger partial charge is 0.497 e.